The summed E-state index contributed by atoms with van der Waals surface area (Å²) in [5.74, 6) is -0.728. The molecule has 1 aromatic carbocycles. The number of ether oxygens (including phenoxy) is 1. The van der Waals surface area contributed by atoms with Crippen molar-refractivity contribution in [3.63, 3.8) is 0 Å². The second kappa shape index (κ2) is 6.60. The van der Waals surface area contributed by atoms with E-state index in [2.05, 4.69) is 0 Å². The zero-order chi connectivity index (χ0) is 17.2. The van der Waals surface area contributed by atoms with Gasteiger partial charge in [0, 0.05) is 13.1 Å². The molecule has 0 aromatic heterocycles. The fraction of sp³-hybridized carbons (Fsp3) is 0.556. The number of benzene rings is 1. The minimum atomic E-state index is -0.894. The molecule has 1 aliphatic rings. The first-order valence-corrected chi connectivity index (χ1v) is 7.99. The summed E-state index contributed by atoms with van der Waals surface area (Å²) < 4.78 is 5.39. The molecule has 1 N–H and O–H groups in total. The first-order valence-electron chi connectivity index (χ1n) is 7.99. The molecule has 0 spiro atoms. The molecular formula is C18H25NO4. The highest BCUT2D eigenvalue weighted by atomic mass is 16.6. The van der Waals surface area contributed by atoms with Crippen LogP contribution in [0.4, 0.5) is 4.79 Å². The number of carbonyl (C=O) groups excluding carboxylic acids is 1. The molecule has 1 aromatic rings. The van der Waals surface area contributed by atoms with Crippen LogP contribution in [0.15, 0.2) is 18.2 Å². The van der Waals surface area contributed by atoms with Crippen molar-refractivity contribution in [1.82, 2.24) is 4.90 Å². The summed E-state index contributed by atoms with van der Waals surface area (Å²) in [5, 5.41) is 9.37. The van der Waals surface area contributed by atoms with E-state index in [0.717, 1.165) is 24.0 Å². The van der Waals surface area contributed by atoms with Crippen molar-refractivity contribution >= 4 is 12.1 Å². The van der Waals surface area contributed by atoms with Gasteiger partial charge >= 0.3 is 12.1 Å². The largest absolute Gasteiger partial charge is 0.478 e. The Labute approximate surface area is 137 Å². The van der Waals surface area contributed by atoms with E-state index in [4.69, 9.17) is 4.74 Å². The monoisotopic (exact) mass is 319 g/mol. The Morgan fingerprint density at radius 3 is 2.35 bits per heavy atom. The smallest absolute Gasteiger partial charge is 0.410 e. The molecule has 0 unspecified atom stereocenters. The van der Waals surface area contributed by atoms with Gasteiger partial charge in [-0.1, -0.05) is 17.7 Å². The number of rotatable bonds is 2. The van der Waals surface area contributed by atoms with Crippen molar-refractivity contribution in [3.8, 4) is 0 Å². The Kier molecular flexibility index (Phi) is 4.97. The van der Waals surface area contributed by atoms with Crippen LogP contribution >= 0.6 is 0 Å². The SMILES string of the molecule is Cc1ccc(C(=O)O)c(C2CCN(C(=O)OC(C)(C)C)CC2)c1. The molecule has 2 rings (SSSR count). The first-order chi connectivity index (χ1) is 10.7. The summed E-state index contributed by atoms with van der Waals surface area (Å²) in [6, 6.07) is 5.45. The standard InChI is InChI=1S/C18H25NO4/c1-12-5-6-14(16(20)21)15(11-12)13-7-9-19(10-8-13)17(22)23-18(2,3)4/h5-6,11,13H,7-10H2,1-4H3,(H,20,21). The quantitative estimate of drug-likeness (QED) is 0.900. The van der Waals surface area contributed by atoms with E-state index < -0.39 is 11.6 Å². The molecule has 1 heterocycles. The van der Waals surface area contributed by atoms with Gasteiger partial charge in [0.2, 0.25) is 0 Å². The maximum absolute atomic E-state index is 12.1. The van der Waals surface area contributed by atoms with Gasteiger partial charge < -0.3 is 14.7 Å². The Morgan fingerprint density at radius 2 is 1.83 bits per heavy atom. The summed E-state index contributed by atoms with van der Waals surface area (Å²) in [6.45, 7) is 8.70. The number of nitrogens with zero attached hydrogens (tertiary/aromatic N) is 1. The average Bonchev–Trinajstić information content (AvgIpc) is 2.45. The number of carboxylic acids is 1. The van der Waals surface area contributed by atoms with Crippen molar-refractivity contribution in [2.24, 2.45) is 0 Å². The third kappa shape index (κ3) is 4.47. The molecule has 5 nitrogen and oxygen atoms in total. The van der Waals surface area contributed by atoms with Gasteiger partial charge in [-0.2, -0.15) is 0 Å². The predicted octanol–water partition coefficient (Wildman–Crippen LogP) is 3.81. The molecule has 0 saturated carbocycles. The maximum atomic E-state index is 12.1. The second-order valence-corrected chi connectivity index (χ2v) is 7.14. The van der Waals surface area contributed by atoms with E-state index >= 15 is 0 Å². The minimum Gasteiger partial charge on any atom is -0.478 e. The summed E-state index contributed by atoms with van der Waals surface area (Å²) >= 11 is 0. The van der Waals surface area contributed by atoms with Crippen LogP contribution in [0.2, 0.25) is 0 Å². The van der Waals surface area contributed by atoms with E-state index in [1.165, 1.54) is 0 Å². The van der Waals surface area contributed by atoms with Crippen LogP contribution < -0.4 is 0 Å². The van der Waals surface area contributed by atoms with Gasteiger partial charge in [-0.25, -0.2) is 9.59 Å². The topological polar surface area (TPSA) is 66.8 Å². The van der Waals surface area contributed by atoms with Crippen LogP contribution in [0.3, 0.4) is 0 Å². The molecule has 1 aliphatic heterocycles. The zero-order valence-electron chi connectivity index (χ0n) is 14.3. The van der Waals surface area contributed by atoms with Crippen LogP contribution in [0.25, 0.3) is 0 Å². The van der Waals surface area contributed by atoms with Gasteiger partial charge in [-0.3, -0.25) is 0 Å². The van der Waals surface area contributed by atoms with Crippen LogP contribution in [0, 0.1) is 6.92 Å². The Hall–Kier alpha value is -2.04. The van der Waals surface area contributed by atoms with Gasteiger partial charge in [0.25, 0.3) is 0 Å². The summed E-state index contributed by atoms with van der Waals surface area (Å²) in [4.78, 5) is 25.2. The second-order valence-electron chi connectivity index (χ2n) is 7.14. The van der Waals surface area contributed by atoms with Crippen LogP contribution in [-0.2, 0) is 4.74 Å². The van der Waals surface area contributed by atoms with Crippen molar-refractivity contribution < 1.29 is 19.4 Å². The lowest BCUT2D eigenvalue weighted by Crippen LogP contribution is -2.41. The molecule has 1 fully saturated rings. The predicted molar refractivity (Wildman–Crippen MR) is 87.9 cm³/mol. The van der Waals surface area contributed by atoms with Crippen LogP contribution in [-0.4, -0.2) is 40.8 Å². The normalized spacial score (nSPS) is 16.3. The lowest BCUT2D eigenvalue weighted by Gasteiger charge is -2.34. The number of aromatic carboxylic acids is 1. The Morgan fingerprint density at radius 1 is 1.22 bits per heavy atom. The number of piperidine rings is 1. The summed E-state index contributed by atoms with van der Waals surface area (Å²) in [6.07, 6.45) is 1.21. The molecule has 0 bridgehead atoms. The molecule has 0 atom stereocenters. The number of aryl methyl sites for hydroxylation is 1. The lowest BCUT2D eigenvalue weighted by atomic mass is 9.85. The summed E-state index contributed by atoms with van der Waals surface area (Å²) in [5.41, 5.74) is 1.80. The molecule has 0 aliphatic carbocycles. The van der Waals surface area contributed by atoms with Crippen molar-refractivity contribution in [3.05, 3.63) is 34.9 Å². The Bertz CT molecular complexity index is 596. The molecule has 1 saturated heterocycles. The molecule has 23 heavy (non-hydrogen) atoms. The van der Waals surface area contributed by atoms with Gasteiger partial charge in [-0.05, 0) is 58.1 Å². The fourth-order valence-electron chi connectivity index (χ4n) is 2.91. The van der Waals surface area contributed by atoms with E-state index in [9.17, 15) is 14.7 Å². The highest BCUT2D eigenvalue weighted by Crippen LogP contribution is 2.31. The van der Waals surface area contributed by atoms with E-state index in [1.807, 2.05) is 39.8 Å². The first kappa shape index (κ1) is 17.3. The molecule has 5 heteroatoms. The number of hydrogen-bond donors (Lipinski definition) is 1. The number of amides is 1. The van der Waals surface area contributed by atoms with Gasteiger partial charge in [0.15, 0.2) is 0 Å². The van der Waals surface area contributed by atoms with E-state index in [0.29, 0.717) is 18.7 Å². The molecular weight excluding hydrogens is 294 g/mol. The number of carboxylic acid groups (broad SMARTS) is 1. The van der Waals surface area contributed by atoms with E-state index in [1.54, 1.807) is 11.0 Å². The summed E-state index contributed by atoms with van der Waals surface area (Å²) in [7, 11) is 0. The van der Waals surface area contributed by atoms with Crippen molar-refractivity contribution in [2.75, 3.05) is 13.1 Å². The van der Waals surface area contributed by atoms with Gasteiger partial charge in [-0.15, -0.1) is 0 Å². The molecule has 0 radical (unpaired) electrons. The highest BCUT2D eigenvalue weighted by molar-refractivity contribution is 5.89. The maximum Gasteiger partial charge on any atom is 0.410 e. The number of likely N-dealkylation sites (tertiary alicyclic amines) is 1. The highest BCUT2D eigenvalue weighted by Gasteiger charge is 2.29. The number of carbonyl (C=O) groups is 2. The van der Waals surface area contributed by atoms with Gasteiger partial charge in [0.1, 0.15) is 5.60 Å². The van der Waals surface area contributed by atoms with Crippen molar-refractivity contribution in [1.29, 1.82) is 0 Å². The fourth-order valence-corrected chi connectivity index (χ4v) is 2.91. The third-order valence-electron chi connectivity index (χ3n) is 4.02. The van der Waals surface area contributed by atoms with Gasteiger partial charge in [0.05, 0.1) is 5.56 Å². The minimum absolute atomic E-state index is 0.166. The van der Waals surface area contributed by atoms with E-state index in [-0.39, 0.29) is 12.0 Å². The zero-order valence-corrected chi connectivity index (χ0v) is 14.3. The molecule has 126 valence electrons. The molecule has 1 amide bonds. The Balaban J connectivity index is 2.06. The third-order valence-corrected chi connectivity index (χ3v) is 4.02. The van der Waals surface area contributed by atoms with Crippen molar-refractivity contribution in [2.45, 2.75) is 52.1 Å². The lowest BCUT2D eigenvalue weighted by molar-refractivity contribution is 0.0204. The van der Waals surface area contributed by atoms with Crippen LogP contribution in [0.5, 0.6) is 0 Å². The number of hydrogen-bond acceptors (Lipinski definition) is 3. The average molecular weight is 319 g/mol. The van der Waals surface area contributed by atoms with Crippen LogP contribution in [0.1, 0.15) is 61.0 Å².